The molecule has 5 N–H and O–H groups in total. The van der Waals surface area contributed by atoms with Crippen molar-refractivity contribution in [3.63, 3.8) is 0 Å². The molecular weight excluding hydrogens is 118 g/mol. The highest BCUT2D eigenvalue weighted by molar-refractivity contribution is 7.79. The summed E-state index contributed by atoms with van der Waals surface area (Å²) >= 11 is 3.90. The minimum absolute atomic E-state index is 0. The monoisotopic (exact) mass is 123 g/mol. The van der Waals surface area contributed by atoms with Crippen molar-refractivity contribution in [3.05, 3.63) is 10.1 Å². The highest BCUT2D eigenvalue weighted by Crippen LogP contribution is 1.62. The van der Waals surface area contributed by atoms with E-state index >= 15 is 0 Å². The van der Waals surface area contributed by atoms with E-state index in [2.05, 4.69) is 18.0 Å². The van der Waals surface area contributed by atoms with Gasteiger partial charge < -0.3 is 16.3 Å². The number of nitrogens with zero attached hydrogens (tertiary/aromatic N) is 1. The molecule has 0 aliphatic rings. The first-order valence-corrected chi connectivity index (χ1v) is 1.49. The molecule has 0 bridgehead atoms. The molecule has 0 saturated carbocycles. The van der Waals surface area contributed by atoms with E-state index in [1.165, 1.54) is 0 Å². The van der Waals surface area contributed by atoms with Crippen molar-refractivity contribution in [1.82, 2.24) is 6.15 Å². The van der Waals surface area contributed by atoms with Crippen molar-refractivity contribution in [2.24, 2.45) is 5.73 Å². The van der Waals surface area contributed by atoms with E-state index in [1.807, 2.05) is 0 Å². The van der Waals surface area contributed by atoms with Crippen molar-refractivity contribution < 1.29 is 4.92 Å². The number of thiocarbonyl (C=S) groups is 1. The maximum Gasteiger partial charge on any atom is 0.382 e. The number of nitro groups is 1. The zero-order valence-electron chi connectivity index (χ0n) is 3.46. The lowest BCUT2D eigenvalue weighted by atomic mass is 11.2. The summed E-state index contributed by atoms with van der Waals surface area (Å²) in [4.78, 5) is 8.41. The molecule has 7 heavy (non-hydrogen) atoms. The fraction of sp³-hybridized carbons (Fsp3) is 0. The SMILES string of the molecule is N.NC(=S)[N+](=O)[O-]. The Morgan fingerprint density at radius 2 is 2.00 bits per heavy atom. The van der Waals surface area contributed by atoms with Crippen molar-refractivity contribution in [2.45, 2.75) is 0 Å². The van der Waals surface area contributed by atoms with Gasteiger partial charge in [0.05, 0.1) is 0 Å². The quantitative estimate of drug-likeness (QED) is 0.260. The first-order valence-electron chi connectivity index (χ1n) is 1.08. The molecule has 0 aliphatic carbocycles. The molecule has 5 nitrogen and oxygen atoms in total. The summed E-state index contributed by atoms with van der Waals surface area (Å²) in [5.41, 5.74) is 4.47. The Labute approximate surface area is 45.2 Å². The zero-order valence-corrected chi connectivity index (χ0v) is 4.27. The Morgan fingerprint density at radius 3 is 2.00 bits per heavy atom. The largest absolute Gasteiger partial charge is 0.382 e. The summed E-state index contributed by atoms with van der Waals surface area (Å²) < 4.78 is 0. The first-order chi connectivity index (χ1) is 2.64. The van der Waals surface area contributed by atoms with Crippen LogP contribution in [0.2, 0.25) is 0 Å². The number of rotatable bonds is 0. The molecule has 0 aromatic heterocycles. The van der Waals surface area contributed by atoms with Crippen LogP contribution in [-0.2, 0) is 0 Å². The second-order valence-electron chi connectivity index (χ2n) is 0.595. The van der Waals surface area contributed by atoms with Gasteiger partial charge in [-0.15, -0.1) is 0 Å². The van der Waals surface area contributed by atoms with Crippen LogP contribution >= 0.6 is 12.2 Å². The molecule has 6 heteroatoms. The van der Waals surface area contributed by atoms with Gasteiger partial charge in [0.25, 0.3) is 0 Å². The summed E-state index contributed by atoms with van der Waals surface area (Å²) in [6.07, 6.45) is 0. The first kappa shape index (κ1) is 9.54. The van der Waals surface area contributed by atoms with Crippen LogP contribution in [0.5, 0.6) is 0 Å². The van der Waals surface area contributed by atoms with Crippen LogP contribution in [-0.4, -0.2) is 10.0 Å². The van der Waals surface area contributed by atoms with Gasteiger partial charge in [-0.2, -0.15) is 0 Å². The second kappa shape index (κ2) is 3.44. The van der Waals surface area contributed by atoms with Crippen LogP contribution in [0.3, 0.4) is 0 Å². The van der Waals surface area contributed by atoms with Crippen molar-refractivity contribution in [3.8, 4) is 0 Å². The van der Waals surface area contributed by atoms with E-state index in [4.69, 9.17) is 0 Å². The van der Waals surface area contributed by atoms with E-state index in [-0.39, 0.29) is 6.15 Å². The molecule has 0 heterocycles. The van der Waals surface area contributed by atoms with Crippen LogP contribution in [0.1, 0.15) is 0 Å². The zero-order chi connectivity index (χ0) is 5.15. The Kier molecular flexibility index (Phi) is 4.69. The van der Waals surface area contributed by atoms with E-state index < -0.39 is 10.0 Å². The van der Waals surface area contributed by atoms with Crippen LogP contribution in [0.15, 0.2) is 0 Å². The minimum atomic E-state index is -0.824. The summed E-state index contributed by atoms with van der Waals surface area (Å²) in [6.45, 7) is 0. The number of nitrogens with two attached hydrogens (primary N) is 1. The van der Waals surface area contributed by atoms with Gasteiger partial charge in [-0.3, -0.25) is 5.73 Å². The van der Waals surface area contributed by atoms with E-state index in [0.717, 1.165) is 0 Å². The van der Waals surface area contributed by atoms with Gasteiger partial charge >= 0.3 is 5.11 Å². The van der Waals surface area contributed by atoms with Crippen molar-refractivity contribution in [2.75, 3.05) is 0 Å². The lowest BCUT2D eigenvalue weighted by Gasteiger charge is -1.82. The molecule has 0 rings (SSSR count). The van der Waals surface area contributed by atoms with Gasteiger partial charge in [0.15, 0.2) is 0 Å². The topological polar surface area (TPSA) is 104 Å². The molecule has 0 amide bonds. The Balaban J connectivity index is 0. The third-order valence-electron chi connectivity index (χ3n) is 0.180. The van der Waals surface area contributed by atoms with Crippen molar-refractivity contribution >= 4 is 17.3 Å². The van der Waals surface area contributed by atoms with E-state index in [9.17, 15) is 10.1 Å². The molecule has 0 radical (unpaired) electrons. The fourth-order valence-corrected chi connectivity index (χ4v) is 0. The predicted molar refractivity (Wildman–Crippen MR) is 28.8 cm³/mol. The molecule has 0 aromatic carbocycles. The van der Waals surface area contributed by atoms with Crippen LogP contribution in [0.25, 0.3) is 0 Å². The van der Waals surface area contributed by atoms with Crippen LogP contribution in [0, 0.1) is 10.1 Å². The van der Waals surface area contributed by atoms with Crippen molar-refractivity contribution in [1.29, 1.82) is 0 Å². The predicted octanol–water partition coefficient (Wildman–Crippen LogP) is -0.331. The maximum atomic E-state index is 9.24. The summed E-state index contributed by atoms with van der Waals surface area (Å²) in [7, 11) is 0. The Bertz CT molecular complexity index is 78.9. The highest BCUT2D eigenvalue weighted by atomic mass is 32.1. The average molecular weight is 123 g/mol. The molecule has 0 aromatic rings. The van der Waals surface area contributed by atoms with E-state index in [1.54, 1.807) is 0 Å². The fourth-order valence-electron chi connectivity index (χ4n) is 0. The minimum Gasteiger partial charge on any atom is -0.357 e. The average Bonchev–Trinajstić information content (AvgIpc) is 1.36. The molecule has 0 spiro atoms. The third-order valence-corrected chi connectivity index (χ3v) is 0.329. The lowest BCUT2D eigenvalue weighted by molar-refractivity contribution is -0.347. The van der Waals surface area contributed by atoms with Crippen LogP contribution in [0.4, 0.5) is 0 Å². The Hall–Kier alpha value is -0.750. The summed E-state index contributed by atoms with van der Waals surface area (Å²) in [6, 6.07) is 0. The lowest BCUT2D eigenvalue weighted by Crippen LogP contribution is -2.18. The van der Waals surface area contributed by atoms with Gasteiger partial charge in [0.1, 0.15) is 0 Å². The molecule has 42 valence electrons. The van der Waals surface area contributed by atoms with Crippen LogP contribution < -0.4 is 11.9 Å². The molecular formula is CH5N3O2S. The molecule has 0 fully saturated rings. The molecule has 0 aliphatic heterocycles. The van der Waals surface area contributed by atoms with Gasteiger partial charge in [-0.1, -0.05) is 0 Å². The standard InChI is InChI=1S/CH2N2O2S.H3N/c2-1(6)3(4)5;/h(H2,2,6);1H3. The normalized spacial score (nSPS) is 6.29. The Morgan fingerprint density at radius 1 is 1.86 bits per heavy atom. The van der Waals surface area contributed by atoms with Gasteiger partial charge in [0, 0.05) is 12.2 Å². The number of hydrogen-bond acceptors (Lipinski definition) is 4. The van der Waals surface area contributed by atoms with Gasteiger partial charge in [-0.05, 0) is 4.92 Å². The summed E-state index contributed by atoms with van der Waals surface area (Å²) in [5, 5.41) is 8.55. The smallest absolute Gasteiger partial charge is 0.357 e. The second-order valence-corrected chi connectivity index (χ2v) is 1.01. The summed E-state index contributed by atoms with van der Waals surface area (Å²) in [5.74, 6) is 0. The number of hydrogen-bond donors (Lipinski definition) is 2. The maximum absolute atomic E-state index is 9.24. The van der Waals surface area contributed by atoms with Gasteiger partial charge in [-0.25, -0.2) is 0 Å². The molecule has 0 unspecified atom stereocenters. The molecule has 0 saturated heterocycles. The van der Waals surface area contributed by atoms with Gasteiger partial charge in [0.2, 0.25) is 0 Å². The highest BCUT2D eigenvalue weighted by Gasteiger charge is 1.90. The third kappa shape index (κ3) is 5.25. The van der Waals surface area contributed by atoms with E-state index in [0.29, 0.717) is 0 Å². The molecule has 0 atom stereocenters.